The second-order valence-corrected chi connectivity index (χ2v) is 8.16. The molecule has 5 rings (SSSR count). The Morgan fingerprint density at radius 1 is 1.07 bits per heavy atom. The van der Waals surface area contributed by atoms with Crippen LogP contribution in [0.3, 0.4) is 0 Å². The van der Waals surface area contributed by atoms with E-state index in [9.17, 15) is 9.59 Å². The zero-order chi connectivity index (χ0) is 20.7. The van der Waals surface area contributed by atoms with Crippen LogP contribution in [0.4, 0.5) is 0 Å². The van der Waals surface area contributed by atoms with Gasteiger partial charge in [-0.25, -0.2) is 4.98 Å². The van der Waals surface area contributed by atoms with Gasteiger partial charge >= 0.3 is 0 Å². The summed E-state index contributed by atoms with van der Waals surface area (Å²) in [5.74, 6) is 0.164. The van der Waals surface area contributed by atoms with Crippen LogP contribution in [0, 0.1) is 0 Å². The number of pyridine rings is 1. The van der Waals surface area contributed by atoms with E-state index in [2.05, 4.69) is 17.1 Å². The SMILES string of the molecule is N[C@H]1CCN([C@@H]2CN(C(=O)c3cccn4cncc34)CC[C@H]2c2ccccc2)C1=O. The molecule has 1 aromatic carbocycles. The molecule has 0 aliphatic carbocycles. The number of carbonyl (C=O) groups is 2. The number of rotatable bonds is 3. The zero-order valence-electron chi connectivity index (χ0n) is 16.7. The standard InChI is InChI=1S/C23H25N5O2/c24-19-9-12-28(23(19)30)21-14-26(11-8-17(21)16-5-2-1-3-6-16)22(29)18-7-4-10-27-15-25-13-20(18)27/h1-7,10,13,15,17,19,21H,8-9,11-12,14,24H2/t17-,19-,21+/m0/s1. The first kappa shape index (κ1) is 18.8. The molecule has 2 amide bonds. The Bertz CT molecular complexity index is 1080. The number of imidazole rings is 1. The minimum absolute atomic E-state index is 0.00637. The Balaban J connectivity index is 1.46. The molecule has 0 bridgehead atoms. The monoisotopic (exact) mass is 403 g/mol. The second kappa shape index (κ2) is 7.57. The molecule has 2 N–H and O–H groups in total. The average Bonchev–Trinajstić information content (AvgIpc) is 3.40. The summed E-state index contributed by atoms with van der Waals surface area (Å²) in [5, 5.41) is 0. The van der Waals surface area contributed by atoms with Crippen molar-refractivity contribution in [2.45, 2.75) is 30.8 Å². The van der Waals surface area contributed by atoms with E-state index in [1.54, 1.807) is 12.5 Å². The van der Waals surface area contributed by atoms with Crippen LogP contribution in [0.5, 0.6) is 0 Å². The number of hydrogen-bond donors (Lipinski definition) is 1. The van der Waals surface area contributed by atoms with Gasteiger partial charge in [0.05, 0.1) is 35.7 Å². The van der Waals surface area contributed by atoms with Crippen molar-refractivity contribution >= 4 is 17.3 Å². The number of hydrogen-bond acceptors (Lipinski definition) is 4. The van der Waals surface area contributed by atoms with Crippen molar-refractivity contribution in [1.82, 2.24) is 19.2 Å². The second-order valence-electron chi connectivity index (χ2n) is 8.16. The molecule has 0 radical (unpaired) electrons. The summed E-state index contributed by atoms with van der Waals surface area (Å²) in [6.45, 7) is 1.80. The average molecular weight is 403 g/mol. The Kier molecular flexibility index (Phi) is 4.75. The molecule has 3 atom stereocenters. The molecular formula is C23H25N5O2. The van der Waals surface area contributed by atoms with Crippen LogP contribution in [0.2, 0.25) is 0 Å². The Labute approximate surface area is 175 Å². The van der Waals surface area contributed by atoms with E-state index < -0.39 is 6.04 Å². The number of amides is 2. The third-order valence-electron chi connectivity index (χ3n) is 6.46. The van der Waals surface area contributed by atoms with Crippen LogP contribution in [-0.4, -0.2) is 62.7 Å². The lowest BCUT2D eigenvalue weighted by molar-refractivity contribution is -0.132. The maximum Gasteiger partial charge on any atom is 0.256 e. The van der Waals surface area contributed by atoms with E-state index in [-0.39, 0.29) is 23.8 Å². The lowest BCUT2D eigenvalue weighted by Crippen LogP contribution is -2.54. The minimum Gasteiger partial charge on any atom is -0.336 e. The fourth-order valence-corrected chi connectivity index (χ4v) is 4.88. The number of piperidine rings is 1. The van der Waals surface area contributed by atoms with E-state index in [4.69, 9.17) is 5.73 Å². The van der Waals surface area contributed by atoms with Gasteiger partial charge in [-0.2, -0.15) is 0 Å². The van der Waals surface area contributed by atoms with Crippen LogP contribution < -0.4 is 5.73 Å². The number of likely N-dealkylation sites (tertiary alicyclic amines) is 2. The minimum atomic E-state index is -0.437. The van der Waals surface area contributed by atoms with Crippen LogP contribution in [-0.2, 0) is 4.79 Å². The lowest BCUT2D eigenvalue weighted by atomic mass is 9.84. The van der Waals surface area contributed by atoms with E-state index in [0.29, 0.717) is 31.6 Å². The summed E-state index contributed by atoms with van der Waals surface area (Å²) in [4.78, 5) is 34.1. The summed E-state index contributed by atoms with van der Waals surface area (Å²) in [5.41, 5.74) is 8.65. The van der Waals surface area contributed by atoms with Crippen molar-refractivity contribution in [2.75, 3.05) is 19.6 Å². The van der Waals surface area contributed by atoms with E-state index >= 15 is 0 Å². The quantitative estimate of drug-likeness (QED) is 0.724. The molecule has 2 aliphatic rings. The van der Waals surface area contributed by atoms with Gasteiger partial charge in [-0.05, 0) is 30.5 Å². The maximum atomic E-state index is 13.4. The smallest absolute Gasteiger partial charge is 0.256 e. The van der Waals surface area contributed by atoms with Crippen LogP contribution in [0.25, 0.3) is 5.52 Å². The summed E-state index contributed by atoms with van der Waals surface area (Å²) < 4.78 is 1.85. The molecule has 2 aliphatic heterocycles. The fourth-order valence-electron chi connectivity index (χ4n) is 4.88. The number of nitrogens with two attached hydrogens (primary N) is 1. The number of fused-ring (bicyclic) bond motifs is 1. The Morgan fingerprint density at radius 3 is 2.67 bits per heavy atom. The summed E-state index contributed by atoms with van der Waals surface area (Å²) in [6.07, 6.45) is 6.76. The molecule has 7 nitrogen and oxygen atoms in total. The van der Waals surface area contributed by atoms with Crippen molar-refractivity contribution in [2.24, 2.45) is 5.73 Å². The van der Waals surface area contributed by atoms with Gasteiger partial charge in [-0.3, -0.25) is 9.59 Å². The largest absolute Gasteiger partial charge is 0.336 e. The normalized spacial score (nSPS) is 24.6. The molecule has 2 saturated heterocycles. The highest BCUT2D eigenvalue weighted by atomic mass is 16.2. The number of benzene rings is 1. The highest BCUT2D eigenvalue weighted by molar-refractivity contribution is 6.00. The van der Waals surface area contributed by atoms with Gasteiger partial charge in [-0.1, -0.05) is 30.3 Å². The molecule has 7 heteroatoms. The van der Waals surface area contributed by atoms with Crippen LogP contribution >= 0.6 is 0 Å². The van der Waals surface area contributed by atoms with Gasteiger partial charge in [0.25, 0.3) is 5.91 Å². The molecule has 0 unspecified atom stereocenters. The van der Waals surface area contributed by atoms with E-state index in [1.165, 1.54) is 5.56 Å². The van der Waals surface area contributed by atoms with Crippen LogP contribution in [0.1, 0.15) is 34.7 Å². The van der Waals surface area contributed by atoms with E-state index in [1.807, 2.05) is 50.7 Å². The predicted molar refractivity (Wildman–Crippen MR) is 113 cm³/mol. The molecule has 4 heterocycles. The summed E-state index contributed by atoms with van der Waals surface area (Å²) in [6, 6.07) is 13.5. The van der Waals surface area contributed by atoms with Crippen molar-refractivity contribution in [3.63, 3.8) is 0 Å². The van der Waals surface area contributed by atoms with Crippen molar-refractivity contribution in [1.29, 1.82) is 0 Å². The molecule has 3 aromatic rings. The molecule has 2 fully saturated rings. The van der Waals surface area contributed by atoms with E-state index in [0.717, 1.165) is 11.9 Å². The topological polar surface area (TPSA) is 83.9 Å². The highest BCUT2D eigenvalue weighted by Crippen LogP contribution is 2.34. The van der Waals surface area contributed by atoms with Gasteiger partial charge in [-0.15, -0.1) is 0 Å². The zero-order valence-corrected chi connectivity index (χ0v) is 16.7. The van der Waals surface area contributed by atoms with Gasteiger partial charge < -0.3 is 19.9 Å². The Morgan fingerprint density at radius 2 is 1.90 bits per heavy atom. The molecule has 154 valence electrons. The lowest BCUT2D eigenvalue weighted by Gasteiger charge is -2.43. The first-order chi connectivity index (χ1) is 14.6. The van der Waals surface area contributed by atoms with Crippen molar-refractivity contribution in [3.05, 3.63) is 72.3 Å². The van der Waals surface area contributed by atoms with Gasteiger partial charge in [0.1, 0.15) is 0 Å². The van der Waals surface area contributed by atoms with Gasteiger partial charge in [0.15, 0.2) is 0 Å². The number of carbonyl (C=O) groups excluding carboxylic acids is 2. The molecule has 2 aromatic heterocycles. The first-order valence-corrected chi connectivity index (χ1v) is 10.4. The van der Waals surface area contributed by atoms with Crippen molar-refractivity contribution in [3.8, 4) is 0 Å². The molecule has 0 spiro atoms. The molecule has 30 heavy (non-hydrogen) atoms. The predicted octanol–water partition coefficient (Wildman–Crippen LogP) is 1.89. The fraction of sp³-hybridized carbons (Fsp3) is 0.348. The van der Waals surface area contributed by atoms with Gasteiger partial charge in [0, 0.05) is 31.7 Å². The molecular weight excluding hydrogens is 378 g/mol. The van der Waals surface area contributed by atoms with Crippen LogP contribution in [0.15, 0.2) is 61.2 Å². The Hall–Kier alpha value is -3.19. The summed E-state index contributed by atoms with van der Waals surface area (Å²) in [7, 11) is 0. The van der Waals surface area contributed by atoms with Gasteiger partial charge in [0.2, 0.25) is 5.91 Å². The third-order valence-corrected chi connectivity index (χ3v) is 6.46. The first-order valence-electron chi connectivity index (χ1n) is 10.4. The molecule has 0 saturated carbocycles. The maximum absolute atomic E-state index is 13.4. The third kappa shape index (κ3) is 3.15. The highest BCUT2D eigenvalue weighted by Gasteiger charge is 2.42. The van der Waals surface area contributed by atoms with Crippen molar-refractivity contribution < 1.29 is 9.59 Å². The number of aromatic nitrogens is 2. The number of nitrogens with zero attached hydrogens (tertiary/aromatic N) is 4. The summed E-state index contributed by atoms with van der Waals surface area (Å²) >= 11 is 0.